The third-order valence-corrected chi connectivity index (χ3v) is 0.179. The molecule has 38 valence electrons. The fraction of sp³-hybridized carbons (Fsp3) is 0.500. The smallest absolute Gasteiger partial charge is 0.109 e. The SMILES string of the molecule is CC#N.N#CCCl. The first kappa shape index (κ1) is 9.55. The Morgan fingerprint density at radius 1 is 1.57 bits per heavy atom. The van der Waals surface area contributed by atoms with Gasteiger partial charge in [-0.15, -0.1) is 11.6 Å². The Bertz CT molecular complexity index is 86.8. The highest BCUT2D eigenvalue weighted by molar-refractivity contribution is 6.19. The minimum atomic E-state index is 0.0972. The standard InChI is InChI=1S/C2H2ClN.C2H3N/c3-1-2-4;1-2-3/h1H2;1H3. The van der Waals surface area contributed by atoms with Crippen LogP contribution in [0.1, 0.15) is 6.92 Å². The molecule has 0 N–H and O–H groups in total. The molecule has 3 heteroatoms. The van der Waals surface area contributed by atoms with E-state index in [-0.39, 0.29) is 5.88 Å². The lowest BCUT2D eigenvalue weighted by molar-refractivity contribution is 1.49. The highest BCUT2D eigenvalue weighted by Gasteiger charge is 1.52. The first-order valence-corrected chi connectivity index (χ1v) is 2.10. The second kappa shape index (κ2) is 18.6. The van der Waals surface area contributed by atoms with Crippen LogP contribution in [0.5, 0.6) is 0 Å². The molecule has 0 unspecified atom stereocenters. The van der Waals surface area contributed by atoms with Crippen molar-refractivity contribution in [2.75, 3.05) is 5.88 Å². The van der Waals surface area contributed by atoms with Crippen LogP contribution >= 0.6 is 11.6 Å². The van der Waals surface area contributed by atoms with Crippen molar-refractivity contribution in [3.05, 3.63) is 0 Å². The van der Waals surface area contributed by atoms with E-state index in [1.165, 1.54) is 6.92 Å². The van der Waals surface area contributed by atoms with E-state index >= 15 is 0 Å². The van der Waals surface area contributed by atoms with Gasteiger partial charge in [-0.2, -0.15) is 10.5 Å². The number of nitrogens with zero attached hydrogens (tertiary/aromatic N) is 2. The van der Waals surface area contributed by atoms with Gasteiger partial charge in [-0.3, -0.25) is 0 Å². The Balaban J connectivity index is 0. The van der Waals surface area contributed by atoms with E-state index in [1.54, 1.807) is 12.1 Å². The average Bonchev–Trinajstić information content (AvgIpc) is 1.69. The molecule has 0 rings (SSSR count). The predicted octanol–water partition coefficient (Wildman–Crippen LogP) is 1.28. The van der Waals surface area contributed by atoms with Crippen LogP contribution in [-0.4, -0.2) is 5.88 Å². The van der Waals surface area contributed by atoms with Crippen molar-refractivity contribution >= 4 is 11.6 Å². The lowest BCUT2D eigenvalue weighted by Crippen LogP contribution is -1.47. The molecule has 0 amide bonds. The first-order chi connectivity index (χ1) is 3.33. The van der Waals surface area contributed by atoms with Gasteiger partial charge in [0.15, 0.2) is 0 Å². The molecule has 0 aliphatic rings. The van der Waals surface area contributed by atoms with Crippen LogP contribution in [0.3, 0.4) is 0 Å². The van der Waals surface area contributed by atoms with Crippen LogP contribution in [0.25, 0.3) is 0 Å². The van der Waals surface area contributed by atoms with E-state index in [1.807, 2.05) is 0 Å². The van der Waals surface area contributed by atoms with Gasteiger partial charge in [-0.25, -0.2) is 0 Å². The van der Waals surface area contributed by atoms with Gasteiger partial charge < -0.3 is 0 Å². The molecule has 0 aromatic carbocycles. The zero-order valence-corrected chi connectivity index (χ0v) is 4.74. The Morgan fingerprint density at radius 2 is 1.71 bits per heavy atom. The van der Waals surface area contributed by atoms with E-state index in [4.69, 9.17) is 22.1 Å². The fourth-order valence-corrected chi connectivity index (χ4v) is 0. The normalized spacial score (nSPS) is 4.00. The first-order valence-electron chi connectivity index (χ1n) is 1.57. The summed E-state index contributed by atoms with van der Waals surface area (Å²) >= 11 is 4.82. The molecule has 0 aromatic rings. The Labute approximate surface area is 47.9 Å². The van der Waals surface area contributed by atoms with Gasteiger partial charge >= 0.3 is 0 Å². The van der Waals surface area contributed by atoms with Gasteiger partial charge in [0.25, 0.3) is 0 Å². The number of rotatable bonds is 0. The van der Waals surface area contributed by atoms with E-state index in [0.717, 1.165) is 0 Å². The summed E-state index contributed by atoms with van der Waals surface area (Å²) in [5.74, 6) is 0.0972. The second-order valence-corrected chi connectivity index (χ2v) is 0.783. The summed E-state index contributed by atoms with van der Waals surface area (Å²) in [6.07, 6.45) is 0. The van der Waals surface area contributed by atoms with Crippen LogP contribution < -0.4 is 0 Å². The van der Waals surface area contributed by atoms with Crippen molar-refractivity contribution in [3.8, 4) is 12.1 Å². The van der Waals surface area contributed by atoms with Crippen molar-refractivity contribution in [2.24, 2.45) is 0 Å². The lowest BCUT2D eigenvalue weighted by Gasteiger charge is -1.44. The quantitative estimate of drug-likeness (QED) is 0.448. The maximum Gasteiger partial charge on any atom is 0.109 e. The van der Waals surface area contributed by atoms with E-state index in [9.17, 15) is 0 Å². The van der Waals surface area contributed by atoms with E-state index in [2.05, 4.69) is 0 Å². The summed E-state index contributed by atoms with van der Waals surface area (Å²) in [4.78, 5) is 0. The van der Waals surface area contributed by atoms with Crippen molar-refractivity contribution in [1.29, 1.82) is 10.5 Å². The molecule has 0 bridgehead atoms. The molecule has 0 aliphatic heterocycles. The van der Waals surface area contributed by atoms with E-state index in [0.29, 0.717) is 0 Å². The summed E-state index contributed by atoms with van der Waals surface area (Å²) in [6, 6.07) is 3.45. The number of alkyl halides is 1. The molecule has 0 aliphatic carbocycles. The van der Waals surface area contributed by atoms with Gasteiger partial charge in [0.1, 0.15) is 5.88 Å². The van der Waals surface area contributed by atoms with Gasteiger partial charge in [0, 0.05) is 6.92 Å². The Morgan fingerprint density at radius 3 is 1.71 bits per heavy atom. The van der Waals surface area contributed by atoms with Crippen molar-refractivity contribution in [1.82, 2.24) is 0 Å². The number of halogens is 1. The molecule has 0 saturated heterocycles. The minimum Gasteiger partial charge on any atom is -0.199 e. The van der Waals surface area contributed by atoms with Crippen LogP contribution in [0.2, 0.25) is 0 Å². The summed E-state index contributed by atoms with van der Waals surface area (Å²) in [5, 5.41) is 14.8. The van der Waals surface area contributed by atoms with Crippen molar-refractivity contribution in [2.45, 2.75) is 6.92 Å². The van der Waals surface area contributed by atoms with Crippen LogP contribution in [0.15, 0.2) is 0 Å². The van der Waals surface area contributed by atoms with Crippen LogP contribution in [0.4, 0.5) is 0 Å². The fourth-order valence-electron chi connectivity index (χ4n) is 0. The van der Waals surface area contributed by atoms with E-state index < -0.39 is 0 Å². The Kier molecular flexibility index (Phi) is 25.4. The summed E-state index contributed by atoms with van der Waals surface area (Å²) in [5.41, 5.74) is 0. The highest BCUT2D eigenvalue weighted by Crippen LogP contribution is 1.61. The van der Waals surface area contributed by atoms with Crippen LogP contribution in [-0.2, 0) is 0 Å². The maximum atomic E-state index is 7.49. The average molecular weight is 117 g/mol. The number of nitriles is 2. The van der Waals surface area contributed by atoms with Crippen molar-refractivity contribution < 1.29 is 0 Å². The maximum absolute atomic E-state index is 7.49. The number of hydrogen-bond acceptors (Lipinski definition) is 2. The number of hydrogen-bond donors (Lipinski definition) is 0. The van der Waals surface area contributed by atoms with Gasteiger partial charge in [-0.05, 0) is 0 Å². The molecule has 2 nitrogen and oxygen atoms in total. The summed E-state index contributed by atoms with van der Waals surface area (Å²) in [7, 11) is 0. The monoisotopic (exact) mass is 116 g/mol. The second-order valence-electron chi connectivity index (χ2n) is 0.515. The molecule has 0 radical (unpaired) electrons. The largest absolute Gasteiger partial charge is 0.199 e. The minimum absolute atomic E-state index is 0.0972. The molecule has 0 heterocycles. The predicted molar refractivity (Wildman–Crippen MR) is 27.6 cm³/mol. The third kappa shape index (κ3) is 773. The molecule has 7 heavy (non-hydrogen) atoms. The molecule has 0 saturated carbocycles. The third-order valence-electron chi connectivity index (χ3n) is 0.0598. The highest BCUT2D eigenvalue weighted by atomic mass is 35.5. The molecule has 0 fully saturated rings. The zero-order valence-electron chi connectivity index (χ0n) is 3.98. The molecular formula is C4H5ClN2. The lowest BCUT2D eigenvalue weighted by atomic mass is 10.9. The van der Waals surface area contributed by atoms with Crippen LogP contribution in [0, 0.1) is 22.7 Å². The summed E-state index contributed by atoms with van der Waals surface area (Å²) < 4.78 is 0. The van der Waals surface area contributed by atoms with Gasteiger partial charge in [-0.1, -0.05) is 0 Å². The molecular weight excluding hydrogens is 112 g/mol. The van der Waals surface area contributed by atoms with Crippen molar-refractivity contribution in [3.63, 3.8) is 0 Å². The van der Waals surface area contributed by atoms with Gasteiger partial charge in [0.2, 0.25) is 0 Å². The molecule has 0 spiro atoms. The molecule has 0 atom stereocenters. The zero-order chi connectivity index (χ0) is 6.12. The topological polar surface area (TPSA) is 47.6 Å². The molecule has 0 aromatic heterocycles. The van der Waals surface area contributed by atoms with Gasteiger partial charge in [0.05, 0.1) is 12.1 Å². The Hall–Kier alpha value is -0.730. The summed E-state index contributed by atoms with van der Waals surface area (Å²) in [6.45, 7) is 1.43.